The molecule has 0 amide bonds. The van der Waals surface area contributed by atoms with Crippen LogP contribution in [0, 0.1) is 0 Å². The average molecular weight is 128 g/mol. The molecule has 0 rings (SSSR count). The molecule has 0 saturated heterocycles. The van der Waals surface area contributed by atoms with E-state index in [0.29, 0.717) is 0 Å². The van der Waals surface area contributed by atoms with Crippen molar-refractivity contribution in [1.29, 1.82) is 0 Å². The first-order chi connectivity index (χ1) is 4.41. The van der Waals surface area contributed by atoms with Gasteiger partial charge in [-0.25, -0.2) is 0 Å². The van der Waals surface area contributed by atoms with E-state index in [-0.39, 0.29) is 0 Å². The third-order valence-corrected chi connectivity index (χ3v) is 1.12. The van der Waals surface area contributed by atoms with Crippen molar-refractivity contribution < 1.29 is 4.74 Å². The van der Waals surface area contributed by atoms with Crippen LogP contribution in [0.2, 0.25) is 0 Å². The lowest BCUT2D eigenvalue weighted by molar-refractivity contribution is 0.196. The first-order valence-corrected chi connectivity index (χ1v) is 3.55. The summed E-state index contributed by atoms with van der Waals surface area (Å²) >= 11 is 0. The number of allylic oxidation sites excluding steroid dienone is 2. The van der Waals surface area contributed by atoms with E-state index in [4.69, 9.17) is 4.74 Å². The van der Waals surface area contributed by atoms with Crippen LogP contribution in [0.15, 0.2) is 12.2 Å². The fourth-order valence-corrected chi connectivity index (χ4v) is 0.630. The van der Waals surface area contributed by atoms with Gasteiger partial charge in [-0.1, -0.05) is 19.1 Å². The molecule has 0 spiro atoms. The molecule has 9 heavy (non-hydrogen) atoms. The van der Waals surface area contributed by atoms with Gasteiger partial charge in [-0.3, -0.25) is 0 Å². The quantitative estimate of drug-likeness (QED) is 0.408. The highest BCUT2D eigenvalue weighted by molar-refractivity contribution is 4.79. The summed E-state index contributed by atoms with van der Waals surface area (Å²) in [6.45, 7) is 3.03. The fraction of sp³-hybridized carbons (Fsp3) is 0.750. The van der Waals surface area contributed by atoms with Crippen LogP contribution in [0.3, 0.4) is 0 Å². The van der Waals surface area contributed by atoms with E-state index in [9.17, 15) is 0 Å². The fourth-order valence-electron chi connectivity index (χ4n) is 0.630. The Kier molecular flexibility index (Phi) is 7.44. The van der Waals surface area contributed by atoms with Crippen molar-refractivity contribution in [2.75, 3.05) is 13.7 Å². The smallest absolute Gasteiger partial charge is 0.0465 e. The molecule has 0 radical (unpaired) electrons. The lowest BCUT2D eigenvalue weighted by Gasteiger charge is -1.91. The van der Waals surface area contributed by atoms with Gasteiger partial charge in [0.15, 0.2) is 0 Å². The lowest BCUT2D eigenvalue weighted by atomic mass is 10.3. The van der Waals surface area contributed by atoms with E-state index in [1.165, 1.54) is 0 Å². The second kappa shape index (κ2) is 7.70. The van der Waals surface area contributed by atoms with Gasteiger partial charge in [0.25, 0.3) is 0 Å². The molecular weight excluding hydrogens is 112 g/mol. The molecule has 0 bridgehead atoms. The van der Waals surface area contributed by atoms with Crippen molar-refractivity contribution in [3.63, 3.8) is 0 Å². The minimum atomic E-state index is 0.883. The van der Waals surface area contributed by atoms with Gasteiger partial charge in [0.1, 0.15) is 0 Å². The molecular formula is C8H16O. The second-order valence-electron chi connectivity index (χ2n) is 2.01. The predicted octanol–water partition coefficient (Wildman–Crippen LogP) is 2.38. The number of hydrogen-bond donors (Lipinski definition) is 0. The third kappa shape index (κ3) is 7.70. The van der Waals surface area contributed by atoms with E-state index in [1.807, 2.05) is 0 Å². The van der Waals surface area contributed by atoms with Crippen molar-refractivity contribution in [3.8, 4) is 0 Å². The van der Waals surface area contributed by atoms with Crippen LogP contribution in [-0.4, -0.2) is 13.7 Å². The molecule has 0 atom stereocenters. The van der Waals surface area contributed by atoms with Crippen LogP contribution in [-0.2, 0) is 4.74 Å². The highest BCUT2D eigenvalue weighted by Crippen LogP contribution is 1.91. The molecule has 0 aliphatic heterocycles. The summed E-state index contributed by atoms with van der Waals surface area (Å²) in [6.07, 6.45) is 7.84. The molecule has 0 N–H and O–H groups in total. The molecule has 1 heteroatoms. The van der Waals surface area contributed by atoms with E-state index >= 15 is 0 Å². The van der Waals surface area contributed by atoms with Gasteiger partial charge in [-0.05, 0) is 19.3 Å². The molecule has 1 nitrogen and oxygen atoms in total. The maximum absolute atomic E-state index is 4.89. The van der Waals surface area contributed by atoms with Gasteiger partial charge in [0.2, 0.25) is 0 Å². The molecule has 0 aliphatic rings. The molecule has 0 heterocycles. The Morgan fingerprint density at radius 2 is 2.11 bits per heavy atom. The summed E-state index contributed by atoms with van der Waals surface area (Å²) in [5.41, 5.74) is 0. The maximum Gasteiger partial charge on any atom is 0.0465 e. The topological polar surface area (TPSA) is 9.23 Å². The molecule has 0 saturated carbocycles. The van der Waals surface area contributed by atoms with Gasteiger partial charge in [0.05, 0.1) is 0 Å². The van der Waals surface area contributed by atoms with Crippen LogP contribution < -0.4 is 0 Å². The highest BCUT2D eigenvalue weighted by Gasteiger charge is 1.79. The first-order valence-electron chi connectivity index (χ1n) is 3.55. The Morgan fingerprint density at radius 3 is 2.67 bits per heavy atom. The van der Waals surface area contributed by atoms with E-state index in [1.54, 1.807) is 7.11 Å². The number of hydrogen-bond acceptors (Lipinski definition) is 1. The minimum absolute atomic E-state index is 0.883. The van der Waals surface area contributed by atoms with Crippen LogP contribution in [0.5, 0.6) is 0 Å². The number of methoxy groups -OCH3 is 1. The number of rotatable bonds is 5. The molecule has 0 aliphatic carbocycles. The molecule has 0 fully saturated rings. The van der Waals surface area contributed by atoms with Crippen molar-refractivity contribution >= 4 is 0 Å². The Morgan fingerprint density at radius 1 is 1.33 bits per heavy atom. The van der Waals surface area contributed by atoms with Crippen molar-refractivity contribution in [3.05, 3.63) is 12.2 Å². The predicted molar refractivity (Wildman–Crippen MR) is 40.5 cm³/mol. The van der Waals surface area contributed by atoms with Crippen LogP contribution in [0.25, 0.3) is 0 Å². The standard InChI is InChI=1S/C8H16O/c1-3-4-5-6-7-8-9-2/h4-5H,3,6-8H2,1-2H3/b5-4+. The SMILES string of the molecule is CC/C=C/CCCOC. The third-order valence-electron chi connectivity index (χ3n) is 1.12. The van der Waals surface area contributed by atoms with Crippen LogP contribution in [0.1, 0.15) is 26.2 Å². The summed E-state index contributed by atoms with van der Waals surface area (Å²) in [7, 11) is 1.74. The summed E-state index contributed by atoms with van der Waals surface area (Å²) in [4.78, 5) is 0. The summed E-state index contributed by atoms with van der Waals surface area (Å²) < 4.78 is 4.89. The monoisotopic (exact) mass is 128 g/mol. The normalized spacial score (nSPS) is 10.9. The van der Waals surface area contributed by atoms with E-state index in [2.05, 4.69) is 19.1 Å². The second-order valence-corrected chi connectivity index (χ2v) is 2.01. The van der Waals surface area contributed by atoms with Gasteiger partial charge >= 0.3 is 0 Å². The summed E-state index contributed by atoms with van der Waals surface area (Å²) in [5.74, 6) is 0. The van der Waals surface area contributed by atoms with E-state index in [0.717, 1.165) is 25.9 Å². The van der Waals surface area contributed by atoms with Gasteiger partial charge in [-0.15, -0.1) is 0 Å². The largest absolute Gasteiger partial charge is 0.385 e. The molecule has 0 aromatic carbocycles. The van der Waals surface area contributed by atoms with Crippen molar-refractivity contribution in [1.82, 2.24) is 0 Å². The lowest BCUT2D eigenvalue weighted by Crippen LogP contribution is -1.85. The minimum Gasteiger partial charge on any atom is -0.385 e. The number of ether oxygens (including phenoxy) is 1. The van der Waals surface area contributed by atoms with Crippen LogP contribution in [0.4, 0.5) is 0 Å². The van der Waals surface area contributed by atoms with Crippen LogP contribution >= 0.6 is 0 Å². The average Bonchev–Trinajstić information content (AvgIpc) is 1.89. The Bertz CT molecular complexity index is 67.0. The zero-order chi connectivity index (χ0) is 6.95. The Labute approximate surface area is 57.7 Å². The maximum atomic E-state index is 4.89. The van der Waals surface area contributed by atoms with Crippen molar-refractivity contribution in [2.45, 2.75) is 26.2 Å². The zero-order valence-corrected chi connectivity index (χ0v) is 6.39. The molecule has 54 valence electrons. The zero-order valence-electron chi connectivity index (χ0n) is 6.39. The Hall–Kier alpha value is -0.300. The van der Waals surface area contributed by atoms with Crippen molar-refractivity contribution in [2.24, 2.45) is 0 Å². The van der Waals surface area contributed by atoms with Gasteiger partial charge in [-0.2, -0.15) is 0 Å². The number of unbranched alkanes of at least 4 members (excludes halogenated alkanes) is 1. The molecule has 0 aromatic rings. The molecule has 0 unspecified atom stereocenters. The summed E-state index contributed by atoms with van der Waals surface area (Å²) in [6, 6.07) is 0. The highest BCUT2D eigenvalue weighted by atomic mass is 16.5. The van der Waals surface area contributed by atoms with Gasteiger partial charge < -0.3 is 4.74 Å². The first kappa shape index (κ1) is 8.70. The summed E-state index contributed by atoms with van der Waals surface area (Å²) in [5, 5.41) is 0. The van der Waals surface area contributed by atoms with E-state index < -0.39 is 0 Å². The molecule has 0 aromatic heterocycles. The van der Waals surface area contributed by atoms with Gasteiger partial charge in [0, 0.05) is 13.7 Å². The Balaban J connectivity index is 2.82.